The van der Waals surface area contributed by atoms with Crippen molar-refractivity contribution in [2.45, 2.75) is 19.3 Å². The number of aromatic nitrogens is 2. The Morgan fingerprint density at radius 2 is 2.18 bits per heavy atom. The Kier molecular flexibility index (Phi) is 3.36. The molecule has 0 saturated heterocycles. The molecule has 0 radical (unpaired) electrons. The van der Waals surface area contributed by atoms with Crippen molar-refractivity contribution in [3.05, 3.63) is 61.5 Å². The quantitative estimate of drug-likeness (QED) is 0.762. The maximum absolute atomic E-state index is 12.3. The Balaban J connectivity index is 1.75. The number of aromatic amines is 1. The highest BCUT2D eigenvalue weighted by Gasteiger charge is 2.20. The van der Waals surface area contributed by atoms with E-state index >= 15 is 0 Å². The van der Waals surface area contributed by atoms with Gasteiger partial charge in [-0.25, -0.2) is 4.98 Å². The van der Waals surface area contributed by atoms with Crippen molar-refractivity contribution in [2.75, 3.05) is 0 Å². The highest BCUT2D eigenvalue weighted by molar-refractivity contribution is 7.18. The molecule has 1 N–H and O–H groups in total. The van der Waals surface area contributed by atoms with Crippen LogP contribution in [0.3, 0.4) is 0 Å². The van der Waals surface area contributed by atoms with Gasteiger partial charge < -0.3 is 4.98 Å². The summed E-state index contributed by atoms with van der Waals surface area (Å²) in [6, 6.07) is 7.55. The van der Waals surface area contributed by atoms with Crippen LogP contribution in [0.25, 0.3) is 22.4 Å². The van der Waals surface area contributed by atoms with Crippen LogP contribution in [0.4, 0.5) is 0 Å². The fraction of sp³-hybridized carbons (Fsp3) is 0.176. The second-order valence-electron chi connectivity index (χ2n) is 5.38. The summed E-state index contributed by atoms with van der Waals surface area (Å²) in [7, 11) is 0. The normalized spacial score (nSPS) is 14.0. The number of nitrogens with one attached hydrogen (secondary N) is 1. The van der Waals surface area contributed by atoms with E-state index in [1.807, 2.05) is 36.4 Å². The molecule has 0 saturated carbocycles. The zero-order chi connectivity index (χ0) is 15.1. The van der Waals surface area contributed by atoms with Crippen molar-refractivity contribution in [1.29, 1.82) is 0 Å². The van der Waals surface area contributed by atoms with Crippen molar-refractivity contribution < 1.29 is 0 Å². The molecule has 3 nitrogen and oxygen atoms in total. The summed E-state index contributed by atoms with van der Waals surface area (Å²) in [6.45, 7) is 0. The molecular formula is C17H13ClN2OS. The predicted octanol–water partition coefficient (Wildman–Crippen LogP) is 4.30. The number of H-pyrrole nitrogens is 1. The lowest BCUT2D eigenvalue weighted by Crippen LogP contribution is -2.09. The first-order valence-corrected chi connectivity index (χ1v) is 8.38. The Hall–Kier alpha value is -1.91. The first kappa shape index (κ1) is 13.7. The van der Waals surface area contributed by atoms with Gasteiger partial charge in [0.2, 0.25) is 0 Å². The Morgan fingerprint density at radius 1 is 1.27 bits per heavy atom. The molecule has 4 rings (SSSR count). The molecule has 1 aromatic carbocycles. The zero-order valence-electron chi connectivity index (χ0n) is 11.7. The Morgan fingerprint density at radius 3 is 3.05 bits per heavy atom. The number of thiophene rings is 1. The van der Waals surface area contributed by atoms with Gasteiger partial charge in [-0.05, 0) is 48.6 Å². The number of fused-ring (bicyclic) bond motifs is 3. The van der Waals surface area contributed by atoms with E-state index in [1.165, 1.54) is 10.4 Å². The summed E-state index contributed by atoms with van der Waals surface area (Å²) in [5, 5.41) is 1.48. The minimum Gasteiger partial charge on any atom is -0.306 e. The number of hydrogen-bond donors (Lipinski definition) is 1. The summed E-state index contributed by atoms with van der Waals surface area (Å²) in [6.07, 6.45) is 6.93. The van der Waals surface area contributed by atoms with E-state index < -0.39 is 0 Å². The molecule has 0 unspecified atom stereocenters. The molecule has 0 spiro atoms. The fourth-order valence-corrected chi connectivity index (χ4v) is 4.35. The van der Waals surface area contributed by atoms with Gasteiger partial charge in [-0.2, -0.15) is 0 Å². The highest BCUT2D eigenvalue weighted by atomic mass is 35.5. The summed E-state index contributed by atoms with van der Waals surface area (Å²) in [4.78, 5) is 22.0. The first-order valence-electron chi connectivity index (χ1n) is 7.19. The summed E-state index contributed by atoms with van der Waals surface area (Å²) >= 11 is 7.62. The van der Waals surface area contributed by atoms with Crippen molar-refractivity contribution in [2.24, 2.45) is 0 Å². The molecule has 110 valence electrons. The van der Waals surface area contributed by atoms with Gasteiger partial charge in [0.1, 0.15) is 10.7 Å². The van der Waals surface area contributed by atoms with E-state index in [4.69, 9.17) is 11.6 Å². The van der Waals surface area contributed by atoms with Crippen LogP contribution in [0, 0.1) is 0 Å². The third-order valence-corrected chi connectivity index (χ3v) is 5.30. The maximum atomic E-state index is 12.3. The van der Waals surface area contributed by atoms with E-state index in [2.05, 4.69) is 9.97 Å². The molecule has 0 amide bonds. The summed E-state index contributed by atoms with van der Waals surface area (Å²) in [5.74, 6) is 0.581. The van der Waals surface area contributed by atoms with Gasteiger partial charge in [0, 0.05) is 9.90 Å². The van der Waals surface area contributed by atoms with Crippen LogP contribution in [0.2, 0.25) is 5.02 Å². The van der Waals surface area contributed by atoms with Gasteiger partial charge in [-0.1, -0.05) is 29.8 Å². The molecule has 2 heterocycles. The molecule has 1 aliphatic carbocycles. The third kappa shape index (κ3) is 2.38. The van der Waals surface area contributed by atoms with Crippen LogP contribution in [0.5, 0.6) is 0 Å². The second kappa shape index (κ2) is 5.38. The average molecular weight is 329 g/mol. The van der Waals surface area contributed by atoms with Crippen LogP contribution in [-0.4, -0.2) is 9.97 Å². The Bertz CT molecular complexity index is 955. The zero-order valence-corrected chi connectivity index (χ0v) is 13.3. The molecule has 5 heteroatoms. The number of nitrogens with zero attached hydrogens (tertiary/aromatic N) is 1. The van der Waals surface area contributed by atoms with Crippen LogP contribution in [-0.2, 0) is 12.8 Å². The van der Waals surface area contributed by atoms with Gasteiger partial charge in [0.05, 0.1) is 5.39 Å². The molecule has 2 aromatic heterocycles. The van der Waals surface area contributed by atoms with Crippen molar-refractivity contribution in [3.8, 4) is 0 Å². The second-order valence-corrected chi connectivity index (χ2v) is 6.90. The van der Waals surface area contributed by atoms with E-state index in [0.29, 0.717) is 10.8 Å². The van der Waals surface area contributed by atoms with E-state index in [0.717, 1.165) is 35.0 Å². The van der Waals surface area contributed by atoms with Gasteiger partial charge in [-0.15, -0.1) is 11.3 Å². The van der Waals surface area contributed by atoms with Crippen LogP contribution in [0.1, 0.15) is 28.2 Å². The van der Waals surface area contributed by atoms with Crippen molar-refractivity contribution in [1.82, 2.24) is 9.97 Å². The van der Waals surface area contributed by atoms with Gasteiger partial charge in [0.15, 0.2) is 0 Å². The minimum atomic E-state index is -0.0323. The molecule has 3 aromatic rings. The smallest absolute Gasteiger partial charge is 0.260 e. The lowest BCUT2D eigenvalue weighted by molar-refractivity contribution is 0.916. The molecular weight excluding hydrogens is 316 g/mol. The number of halogens is 1. The molecule has 0 bridgehead atoms. The summed E-state index contributed by atoms with van der Waals surface area (Å²) < 4.78 is 0. The van der Waals surface area contributed by atoms with Crippen molar-refractivity contribution in [3.63, 3.8) is 0 Å². The molecule has 0 aliphatic heterocycles. The average Bonchev–Trinajstić information content (AvgIpc) is 3.05. The molecule has 1 aliphatic rings. The van der Waals surface area contributed by atoms with E-state index in [1.54, 1.807) is 11.3 Å². The topological polar surface area (TPSA) is 45.8 Å². The van der Waals surface area contributed by atoms with Crippen molar-refractivity contribution >= 4 is 45.3 Å². The summed E-state index contributed by atoms with van der Waals surface area (Å²) in [5.41, 5.74) is 2.15. The number of rotatable bonds is 2. The highest BCUT2D eigenvalue weighted by Crippen LogP contribution is 2.34. The fourth-order valence-electron chi connectivity index (χ4n) is 2.88. The predicted molar refractivity (Wildman–Crippen MR) is 92.6 cm³/mol. The third-order valence-electron chi connectivity index (χ3n) is 3.88. The SMILES string of the molecule is O=c1[nH]c(/C=C/c2cccc(Cl)c2)nc2sc3c(c12)CCC3. The number of hydrogen-bond acceptors (Lipinski definition) is 3. The van der Waals surface area contributed by atoms with Gasteiger partial charge in [0.25, 0.3) is 5.56 Å². The first-order chi connectivity index (χ1) is 10.7. The number of aryl methyl sites for hydroxylation is 2. The van der Waals surface area contributed by atoms with Gasteiger partial charge >= 0.3 is 0 Å². The molecule has 0 atom stereocenters. The van der Waals surface area contributed by atoms with Crippen LogP contribution >= 0.6 is 22.9 Å². The van der Waals surface area contributed by atoms with Gasteiger partial charge in [-0.3, -0.25) is 4.79 Å². The molecule has 0 fully saturated rings. The number of benzene rings is 1. The Labute approximate surface area is 136 Å². The van der Waals surface area contributed by atoms with Crippen LogP contribution < -0.4 is 5.56 Å². The minimum absolute atomic E-state index is 0.0323. The lowest BCUT2D eigenvalue weighted by Gasteiger charge is -1.97. The molecule has 22 heavy (non-hydrogen) atoms. The maximum Gasteiger partial charge on any atom is 0.260 e. The largest absolute Gasteiger partial charge is 0.306 e. The van der Waals surface area contributed by atoms with E-state index in [9.17, 15) is 4.79 Å². The van der Waals surface area contributed by atoms with E-state index in [-0.39, 0.29) is 5.56 Å². The lowest BCUT2D eigenvalue weighted by atomic mass is 10.2. The van der Waals surface area contributed by atoms with Crippen LogP contribution in [0.15, 0.2) is 29.1 Å². The standard InChI is InChI=1S/C17H13ClN2OS/c18-11-4-1-3-10(9-11)7-8-14-19-16(21)15-12-5-2-6-13(12)22-17(15)20-14/h1,3-4,7-9H,2,5-6H2,(H,19,20,21)/b8-7+. The monoisotopic (exact) mass is 328 g/mol.